The maximum absolute atomic E-state index is 12.3. The molecule has 0 saturated carbocycles. The van der Waals surface area contributed by atoms with E-state index in [1.807, 2.05) is 0 Å². The van der Waals surface area contributed by atoms with Crippen LogP contribution in [0.5, 0.6) is 0 Å². The number of hydrogen-bond donors (Lipinski definition) is 2. The van der Waals surface area contributed by atoms with Crippen molar-refractivity contribution in [2.45, 2.75) is 0 Å². The van der Waals surface area contributed by atoms with Gasteiger partial charge in [0.1, 0.15) is 11.6 Å². The first-order valence-corrected chi connectivity index (χ1v) is 8.54. The summed E-state index contributed by atoms with van der Waals surface area (Å²) in [5.41, 5.74) is -0.00105. The Morgan fingerprint density at radius 2 is 1.71 bits per heavy atom. The minimum Gasteiger partial charge on any atom is -0.465 e. The van der Waals surface area contributed by atoms with E-state index in [1.54, 1.807) is 6.07 Å². The van der Waals surface area contributed by atoms with E-state index in [0.717, 1.165) is 6.20 Å². The number of benzene rings is 2. The number of esters is 2. The zero-order valence-corrected chi connectivity index (χ0v) is 16.4. The summed E-state index contributed by atoms with van der Waals surface area (Å²) in [6.45, 7) is 0. The topological polar surface area (TPSA) is 161 Å². The van der Waals surface area contributed by atoms with Crippen molar-refractivity contribution in [3.8, 4) is 6.07 Å². The standard InChI is InChI=1S/C20H16N4O7/c1-30-19(26)12-3-8-16(20(27)31-2)17(9-12)22-11-13(10-21)18(25)23-14-4-6-15(7-5-14)24(28)29/h3-9,11,22H,1-2H3,(H,23,25)/b13-11-. The molecule has 0 atom stereocenters. The Kier molecular flexibility index (Phi) is 7.40. The van der Waals surface area contributed by atoms with Crippen molar-refractivity contribution in [2.75, 3.05) is 24.9 Å². The largest absolute Gasteiger partial charge is 0.465 e. The summed E-state index contributed by atoms with van der Waals surface area (Å²) in [4.78, 5) is 46.1. The third-order valence-electron chi connectivity index (χ3n) is 3.92. The number of ether oxygens (including phenoxy) is 2. The molecule has 0 aromatic heterocycles. The Balaban J connectivity index is 2.27. The number of non-ortho nitro benzene ring substituents is 1. The Labute approximate surface area is 176 Å². The van der Waals surface area contributed by atoms with Gasteiger partial charge in [0.2, 0.25) is 0 Å². The van der Waals surface area contributed by atoms with Crippen LogP contribution in [-0.2, 0) is 14.3 Å². The number of amides is 1. The average Bonchev–Trinajstić information content (AvgIpc) is 2.78. The Morgan fingerprint density at radius 1 is 1.06 bits per heavy atom. The van der Waals surface area contributed by atoms with Crippen molar-refractivity contribution in [3.05, 3.63) is 75.5 Å². The zero-order valence-electron chi connectivity index (χ0n) is 16.4. The fraction of sp³-hybridized carbons (Fsp3) is 0.100. The summed E-state index contributed by atoms with van der Waals surface area (Å²) in [6.07, 6.45) is 1.05. The molecule has 2 aromatic rings. The van der Waals surface area contributed by atoms with Crippen LogP contribution in [0.1, 0.15) is 20.7 Å². The molecule has 2 N–H and O–H groups in total. The second-order valence-electron chi connectivity index (χ2n) is 5.82. The van der Waals surface area contributed by atoms with Crippen LogP contribution in [0.2, 0.25) is 0 Å². The van der Waals surface area contributed by atoms with Crippen LogP contribution in [0.3, 0.4) is 0 Å². The molecule has 0 bridgehead atoms. The quantitative estimate of drug-likeness (QED) is 0.224. The van der Waals surface area contributed by atoms with Gasteiger partial charge in [-0.05, 0) is 30.3 Å². The maximum atomic E-state index is 12.3. The van der Waals surface area contributed by atoms with E-state index in [4.69, 9.17) is 0 Å². The minimum atomic E-state index is -0.799. The molecule has 0 aliphatic heterocycles. The molecule has 0 radical (unpaired) electrons. The lowest BCUT2D eigenvalue weighted by Gasteiger charge is -2.10. The van der Waals surface area contributed by atoms with E-state index in [0.29, 0.717) is 0 Å². The van der Waals surface area contributed by atoms with Crippen LogP contribution in [-0.4, -0.2) is 37.0 Å². The number of nitrogens with zero attached hydrogens (tertiary/aromatic N) is 2. The first-order chi connectivity index (χ1) is 14.8. The highest BCUT2D eigenvalue weighted by Crippen LogP contribution is 2.21. The van der Waals surface area contributed by atoms with Crippen LogP contribution in [0.4, 0.5) is 17.1 Å². The van der Waals surface area contributed by atoms with Crippen molar-refractivity contribution in [2.24, 2.45) is 0 Å². The molecule has 0 fully saturated rings. The number of nitro groups is 1. The summed E-state index contributed by atoms with van der Waals surface area (Å²) in [5.74, 6) is -2.16. The van der Waals surface area contributed by atoms with Crippen LogP contribution < -0.4 is 10.6 Å². The van der Waals surface area contributed by atoms with Gasteiger partial charge in [-0.2, -0.15) is 5.26 Å². The van der Waals surface area contributed by atoms with Gasteiger partial charge < -0.3 is 20.1 Å². The lowest BCUT2D eigenvalue weighted by atomic mass is 10.1. The van der Waals surface area contributed by atoms with Crippen molar-refractivity contribution < 1.29 is 28.8 Å². The predicted molar refractivity (Wildman–Crippen MR) is 108 cm³/mol. The van der Waals surface area contributed by atoms with Crippen molar-refractivity contribution >= 4 is 34.9 Å². The SMILES string of the molecule is COC(=O)c1ccc(C(=O)OC)c(N/C=C(/C#N)C(=O)Nc2ccc([N+](=O)[O-])cc2)c1. The summed E-state index contributed by atoms with van der Waals surface area (Å²) in [7, 11) is 2.37. The fourth-order valence-corrected chi connectivity index (χ4v) is 2.36. The average molecular weight is 424 g/mol. The number of carbonyl (C=O) groups excluding carboxylic acids is 3. The highest BCUT2D eigenvalue weighted by molar-refractivity contribution is 6.07. The summed E-state index contributed by atoms with van der Waals surface area (Å²) >= 11 is 0. The van der Waals surface area contributed by atoms with E-state index in [9.17, 15) is 29.8 Å². The van der Waals surface area contributed by atoms with Crippen molar-refractivity contribution in [1.82, 2.24) is 0 Å². The highest BCUT2D eigenvalue weighted by Gasteiger charge is 2.16. The number of nitriles is 1. The first-order valence-electron chi connectivity index (χ1n) is 8.54. The van der Waals surface area contributed by atoms with Gasteiger partial charge in [0, 0.05) is 24.0 Å². The second-order valence-corrected chi connectivity index (χ2v) is 5.82. The molecule has 11 heteroatoms. The molecule has 0 unspecified atom stereocenters. The number of carbonyl (C=O) groups is 3. The van der Waals surface area contributed by atoms with Gasteiger partial charge in [-0.25, -0.2) is 9.59 Å². The van der Waals surface area contributed by atoms with Gasteiger partial charge in [-0.3, -0.25) is 14.9 Å². The Hall–Kier alpha value is -4.72. The lowest BCUT2D eigenvalue weighted by Crippen LogP contribution is -2.15. The number of rotatable bonds is 7. The van der Waals surface area contributed by atoms with Gasteiger partial charge in [0.15, 0.2) is 0 Å². The second kappa shape index (κ2) is 10.2. The molecule has 2 rings (SSSR count). The third kappa shape index (κ3) is 5.64. The normalized spacial score (nSPS) is 10.4. The van der Waals surface area contributed by atoms with E-state index in [-0.39, 0.29) is 33.8 Å². The molecule has 0 spiro atoms. The Morgan fingerprint density at radius 3 is 2.26 bits per heavy atom. The van der Waals surface area contributed by atoms with Crippen LogP contribution >= 0.6 is 0 Å². The van der Waals surface area contributed by atoms with Gasteiger partial charge in [0.25, 0.3) is 11.6 Å². The third-order valence-corrected chi connectivity index (χ3v) is 3.92. The number of nitro benzene ring substituents is 1. The molecule has 0 saturated heterocycles. The molecule has 158 valence electrons. The number of nitrogens with one attached hydrogen (secondary N) is 2. The van der Waals surface area contributed by atoms with Crippen LogP contribution in [0, 0.1) is 21.4 Å². The van der Waals surface area contributed by atoms with E-state index < -0.39 is 22.8 Å². The van der Waals surface area contributed by atoms with Crippen molar-refractivity contribution in [1.29, 1.82) is 5.26 Å². The number of anilines is 2. The molecule has 0 heterocycles. The predicted octanol–water partition coefficient (Wildman–Crippen LogP) is 2.63. The molecule has 0 aliphatic carbocycles. The first kappa shape index (κ1) is 22.6. The van der Waals surface area contributed by atoms with Gasteiger partial charge in [0.05, 0.1) is 36.0 Å². The lowest BCUT2D eigenvalue weighted by molar-refractivity contribution is -0.384. The van der Waals surface area contributed by atoms with Crippen LogP contribution in [0.25, 0.3) is 0 Å². The monoisotopic (exact) mass is 424 g/mol. The summed E-state index contributed by atoms with van der Waals surface area (Å²) in [5, 5.41) is 25.1. The van der Waals surface area contributed by atoms with Gasteiger partial charge >= 0.3 is 11.9 Å². The van der Waals surface area contributed by atoms with Gasteiger partial charge in [-0.15, -0.1) is 0 Å². The van der Waals surface area contributed by atoms with Gasteiger partial charge in [-0.1, -0.05) is 0 Å². The Bertz CT molecular complexity index is 1100. The summed E-state index contributed by atoms with van der Waals surface area (Å²) in [6, 6.07) is 10.7. The number of hydrogen-bond acceptors (Lipinski definition) is 9. The molecule has 0 aliphatic rings. The fourth-order valence-electron chi connectivity index (χ4n) is 2.36. The number of methoxy groups -OCH3 is 2. The maximum Gasteiger partial charge on any atom is 0.339 e. The van der Waals surface area contributed by atoms with Crippen LogP contribution in [0.15, 0.2) is 54.2 Å². The van der Waals surface area contributed by atoms with Crippen molar-refractivity contribution in [3.63, 3.8) is 0 Å². The smallest absolute Gasteiger partial charge is 0.339 e. The molecule has 2 aromatic carbocycles. The zero-order chi connectivity index (χ0) is 23.0. The van der Waals surface area contributed by atoms with E-state index in [1.165, 1.54) is 56.7 Å². The molecular formula is C20H16N4O7. The molecule has 11 nitrogen and oxygen atoms in total. The minimum absolute atomic E-state index is 0.0551. The van der Waals surface area contributed by atoms with E-state index in [2.05, 4.69) is 20.1 Å². The molecular weight excluding hydrogens is 408 g/mol. The highest BCUT2D eigenvalue weighted by atomic mass is 16.6. The molecule has 1 amide bonds. The molecule has 31 heavy (non-hydrogen) atoms. The van der Waals surface area contributed by atoms with E-state index >= 15 is 0 Å². The summed E-state index contributed by atoms with van der Waals surface area (Å²) < 4.78 is 9.32.